The average molecular weight is 635 g/mol. The van der Waals surface area contributed by atoms with E-state index in [0.717, 1.165) is 75.5 Å². The molecular formula is C42H27BN2O2S. The fourth-order valence-corrected chi connectivity index (χ4v) is 9.04. The predicted molar refractivity (Wildman–Crippen MR) is 203 cm³/mol. The highest BCUT2D eigenvalue weighted by Crippen LogP contribution is 2.44. The maximum absolute atomic E-state index is 10.9. The Labute approximate surface area is 280 Å². The summed E-state index contributed by atoms with van der Waals surface area (Å²) in [5.41, 5.74) is 9.16. The van der Waals surface area contributed by atoms with Gasteiger partial charge >= 0.3 is 7.12 Å². The molecule has 0 saturated heterocycles. The maximum atomic E-state index is 10.9. The van der Waals surface area contributed by atoms with Crippen LogP contribution in [0.25, 0.3) is 86.3 Å². The minimum atomic E-state index is -1.63. The Balaban J connectivity index is 1.38. The van der Waals surface area contributed by atoms with Crippen molar-refractivity contribution in [2.24, 2.45) is 0 Å². The van der Waals surface area contributed by atoms with Gasteiger partial charge in [0.05, 0.1) is 22.1 Å². The first-order valence-corrected chi connectivity index (χ1v) is 16.9. The van der Waals surface area contributed by atoms with Crippen molar-refractivity contribution < 1.29 is 10.0 Å². The standard InChI is InChI=1S/C42H27BN2O2S/c46-43(47)36-25-28(24-35-34-19-11-18-29(41(34)48-42(35)36)26-12-3-1-4-13-26)45-38-21-10-8-17-31(38)33-23-22-32-30-16-7-9-20-37(30)44(39(32)40(33)45)27-14-5-2-6-15-27/h1-25,46-47H. The Morgan fingerprint density at radius 3 is 1.65 bits per heavy atom. The van der Waals surface area contributed by atoms with Crippen LogP contribution in [0.2, 0.25) is 0 Å². The molecule has 6 heteroatoms. The summed E-state index contributed by atoms with van der Waals surface area (Å²) < 4.78 is 6.71. The molecule has 0 aliphatic rings. The first-order valence-electron chi connectivity index (χ1n) is 16.1. The van der Waals surface area contributed by atoms with Crippen LogP contribution in [0.3, 0.4) is 0 Å². The summed E-state index contributed by atoms with van der Waals surface area (Å²) >= 11 is 1.62. The van der Waals surface area contributed by atoms with Crippen LogP contribution < -0.4 is 5.46 Å². The second-order valence-electron chi connectivity index (χ2n) is 12.3. The molecule has 3 heterocycles. The summed E-state index contributed by atoms with van der Waals surface area (Å²) in [5.74, 6) is 0. The van der Waals surface area contributed by atoms with Crippen molar-refractivity contribution >= 4 is 87.7 Å². The van der Waals surface area contributed by atoms with Crippen LogP contribution in [-0.2, 0) is 0 Å². The number of hydrogen-bond acceptors (Lipinski definition) is 3. The van der Waals surface area contributed by atoms with Crippen molar-refractivity contribution in [1.82, 2.24) is 9.13 Å². The van der Waals surface area contributed by atoms with Gasteiger partial charge in [0.2, 0.25) is 0 Å². The third-order valence-electron chi connectivity index (χ3n) is 9.72. The molecule has 0 aliphatic carbocycles. The smallest absolute Gasteiger partial charge is 0.423 e. The molecule has 0 saturated carbocycles. The van der Waals surface area contributed by atoms with E-state index in [4.69, 9.17) is 0 Å². The van der Waals surface area contributed by atoms with Gasteiger partial charge in [-0.25, -0.2) is 0 Å². The minimum absolute atomic E-state index is 0.504. The highest BCUT2D eigenvalue weighted by atomic mass is 32.1. The van der Waals surface area contributed by atoms with Gasteiger partial charge in [-0.2, -0.15) is 0 Å². The number of fused-ring (bicyclic) bond motifs is 10. The molecule has 0 unspecified atom stereocenters. The van der Waals surface area contributed by atoms with E-state index in [0.29, 0.717) is 5.46 Å². The van der Waals surface area contributed by atoms with E-state index in [9.17, 15) is 10.0 Å². The van der Waals surface area contributed by atoms with Crippen LogP contribution in [0.15, 0.2) is 152 Å². The molecule has 4 nitrogen and oxygen atoms in total. The van der Waals surface area contributed by atoms with Crippen LogP contribution in [0.5, 0.6) is 0 Å². The van der Waals surface area contributed by atoms with E-state index >= 15 is 0 Å². The van der Waals surface area contributed by atoms with E-state index in [2.05, 4.69) is 149 Å². The van der Waals surface area contributed by atoms with E-state index < -0.39 is 7.12 Å². The summed E-state index contributed by atoms with van der Waals surface area (Å²) in [7, 11) is -1.63. The van der Waals surface area contributed by atoms with Crippen molar-refractivity contribution in [2.75, 3.05) is 0 Å². The van der Waals surface area contributed by atoms with Gasteiger partial charge in [0.1, 0.15) is 0 Å². The quantitative estimate of drug-likeness (QED) is 0.190. The van der Waals surface area contributed by atoms with E-state index in [1.807, 2.05) is 12.1 Å². The number of benzene rings is 7. The molecule has 10 rings (SSSR count). The van der Waals surface area contributed by atoms with Gasteiger partial charge < -0.3 is 19.2 Å². The lowest BCUT2D eigenvalue weighted by atomic mass is 9.79. The third kappa shape index (κ3) is 3.85. The molecule has 0 atom stereocenters. The molecule has 0 radical (unpaired) electrons. The second-order valence-corrected chi connectivity index (χ2v) is 13.4. The first-order chi connectivity index (χ1) is 23.7. The normalized spacial score (nSPS) is 12.0. The lowest BCUT2D eigenvalue weighted by molar-refractivity contribution is 0.426. The number of rotatable bonds is 4. The second kappa shape index (κ2) is 10.4. The van der Waals surface area contributed by atoms with Crippen molar-refractivity contribution in [1.29, 1.82) is 0 Å². The van der Waals surface area contributed by atoms with Gasteiger partial charge in [-0.05, 0) is 47.5 Å². The van der Waals surface area contributed by atoms with Crippen molar-refractivity contribution in [3.63, 3.8) is 0 Å². The molecule has 7 aromatic carbocycles. The zero-order chi connectivity index (χ0) is 31.9. The Morgan fingerprint density at radius 2 is 1.00 bits per heavy atom. The molecule has 3 aromatic heterocycles. The summed E-state index contributed by atoms with van der Waals surface area (Å²) in [4.78, 5) is 0. The Morgan fingerprint density at radius 1 is 0.438 bits per heavy atom. The van der Waals surface area contributed by atoms with Crippen LogP contribution in [0, 0.1) is 0 Å². The largest absolute Gasteiger partial charge is 0.489 e. The number of nitrogens with zero attached hydrogens (tertiary/aromatic N) is 2. The SMILES string of the molecule is OB(O)c1cc(-n2c3ccccc3c3ccc4c5ccccc5n(-c5ccccc5)c4c32)cc2c1sc1c(-c3ccccc3)cccc12. The van der Waals surface area contributed by atoms with Crippen LogP contribution in [-0.4, -0.2) is 26.3 Å². The molecular weight excluding hydrogens is 607 g/mol. The van der Waals surface area contributed by atoms with Gasteiger partial charge in [-0.1, -0.05) is 115 Å². The average Bonchev–Trinajstić information content (AvgIpc) is 3.79. The monoisotopic (exact) mass is 634 g/mol. The zero-order valence-electron chi connectivity index (χ0n) is 25.7. The molecule has 0 spiro atoms. The number of aromatic nitrogens is 2. The molecule has 0 amide bonds. The third-order valence-corrected chi connectivity index (χ3v) is 11.0. The zero-order valence-corrected chi connectivity index (χ0v) is 26.5. The van der Waals surface area contributed by atoms with E-state index in [1.54, 1.807) is 11.3 Å². The lowest BCUT2D eigenvalue weighted by Gasteiger charge is -2.14. The molecule has 226 valence electrons. The maximum Gasteiger partial charge on any atom is 0.489 e. The lowest BCUT2D eigenvalue weighted by Crippen LogP contribution is -2.30. The molecule has 0 bridgehead atoms. The van der Waals surface area contributed by atoms with Crippen molar-refractivity contribution in [3.05, 3.63) is 152 Å². The van der Waals surface area contributed by atoms with Crippen LogP contribution in [0.4, 0.5) is 0 Å². The summed E-state index contributed by atoms with van der Waals surface area (Å²) in [6, 6.07) is 53.1. The first kappa shape index (κ1) is 27.5. The number of hydrogen-bond donors (Lipinski definition) is 2. The molecule has 10 aromatic rings. The van der Waals surface area contributed by atoms with Crippen molar-refractivity contribution in [2.45, 2.75) is 0 Å². The Bertz CT molecular complexity index is 2870. The minimum Gasteiger partial charge on any atom is -0.423 e. The highest BCUT2D eigenvalue weighted by Gasteiger charge is 2.25. The van der Waals surface area contributed by atoms with Gasteiger partial charge in [-0.3, -0.25) is 0 Å². The molecule has 2 N–H and O–H groups in total. The highest BCUT2D eigenvalue weighted by molar-refractivity contribution is 7.27. The van der Waals surface area contributed by atoms with E-state index in [-0.39, 0.29) is 0 Å². The van der Waals surface area contributed by atoms with E-state index in [1.165, 1.54) is 10.8 Å². The fraction of sp³-hybridized carbons (Fsp3) is 0. The molecule has 0 aliphatic heterocycles. The summed E-state index contributed by atoms with van der Waals surface area (Å²) in [5, 5.41) is 28.5. The molecule has 48 heavy (non-hydrogen) atoms. The summed E-state index contributed by atoms with van der Waals surface area (Å²) in [6.45, 7) is 0. The number of thiophene rings is 1. The predicted octanol–water partition coefficient (Wildman–Crippen LogP) is 9.60. The topological polar surface area (TPSA) is 50.3 Å². The van der Waals surface area contributed by atoms with Crippen LogP contribution >= 0.6 is 11.3 Å². The molecule has 0 fully saturated rings. The Hall–Kier alpha value is -5.66. The van der Waals surface area contributed by atoms with Crippen LogP contribution in [0.1, 0.15) is 0 Å². The summed E-state index contributed by atoms with van der Waals surface area (Å²) in [6.07, 6.45) is 0. The fourth-order valence-electron chi connectivity index (χ4n) is 7.69. The Kier molecular flexibility index (Phi) is 5.96. The van der Waals surface area contributed by atoms with Crippen molar-refractivity contribution in [3.8, 4) is 22.5 Å². The van der Waals surface area contributed by atoms with Gasteiger partial charge in [0.25, 0.3) is 0 Å². The van der Waals surface area contributed by atoms with Gasteiger partial charge in [0, 0.05) is 58.6 Å². The van der Waals surface area contributed by atoms with Gasteiger partial charge in [0.15, 0.2) is 0 Å². The number of para-hydroxylation sites is 3. The van der Waals surface area contributed by atoms with Gasteiger partial charge in [-0.15, -0.1) is 11.3 Å².